The maximum Gasteiger partial charge on any atom is 0.0948 e. The number of nitrogens with two attached hydrogens (primary N) is 1. The van der Waals surface area contributed by atoms with Crippen molar-refractivity contribution in [2.45, 2.75) is 33.4 Å². The molecule has 1 aromatic rings. The average Bonchev–Trinajstić information content (AvgIpc) is 2.48. The molecule has 1 atom stereocenters. The maximum absolute atomic E-state index is 8.96. The molecule has 4 nitrogen and oxygen atoms in total. The van der Waals surface area contributed by atoms with Crippen LogP contribution in [0.2, 0.25) is 0 Å². The van der Waals surface area contributed by atoms with Crippen molar-refractivity contribution in [2.24, 2.45) is 11.1 Å². The van der Waals surface area contributed by atoms with Gasteiger partial charge in [0, 0.05) is 12.7 Å². The molecule has 0 spiro atoms. The zero-order valence-corrected chi connectivity index (χ0v) is 9.07. The van der Waals surface area contributed by atoms with E-state index in [-0.39, 0.29) is 18.1 Å². The number of imidazole rings is 1. The molecule has 0 saturated heterocycles. The van der Waals surface area contributed by atoms with Gasteiger partial charge >= 0.3 is 0 Å². The number of hydrogen-bond acceptors (Lipinski definition) is 3. The van der Waals surface area contributed by atoms with Crippen LogP contribution in [0.25, 0.3) is 0 Å². The summed E-state index contributed by atoms with van der Waals surface area (Å²) >= 11 is 0. The first-order valence-corrected chi connectivity index (χ1v) is 4.80. The van der Waals surface area contributed by atoms with Crippen molar-refractivity contribution in [3.05, 3.63) is 18.2 Å². The minimum atomic E-state index is -0.333. The summed E-state index contributed by atoms with van der Waals surface area (Å²) in [6.45, 7) is 7.27. The van der Waals surface area contributed by atoms with Crippen LogP contribution in [-0.4, -0.2) is 21.3 Å². The van der Waals surface area contributed by atoms with Crippen molar-refractivity contribution in [2.75, 3.05) is 6.61 Å². The van der Waals surface area contributed by atoms with E-state index >= 15 is 0 Å². The molecule has 0 fully saturated rings. The fourth-order valence-electron chi connectivity index (χ4n) is 1.38. The molecule has 1 unspecified atom stereocenters. The summed E-state index contributed by atoms with van der Waals surface area (Å²) in [5.41, 5.74) is 6.82. The van der Waals surface area contributed by atoms with E-state index in [1.54, 1.807) is 12.5 Å². The van der Waals surface area contributed by atoms with E-state index in [0.29, 0.717) is 0 Å². The lowest BCUT2D eigenvalue weighted by Crippen LogP contribution is -2.22. The topological polar surface area (TPSA) is 64.1 Å². The highest BCUT2D eigenvalue weighted by Gasteiger charge is 2.16. The Hall–Kier alpha value is -0.870. The van der Waals surface area contributed by atoms with Crippen molar-refractivity contribution >= 4 is 0 Å². The molecule has 0 aliphatic carbocycles. The molecule has 0 aromatic carbocycles. The predicted molar refractivity (Wildman–Crippen MR) is 55.7 cm³/mol. The van der Waals surface area contributed by atoms with E-state index in [0.717, 1.165) is 12.2 Å². The van der Waals surface area contributed by atoms with Crippen LogP contribution in [0.1, 0.15) is 32.5 Å². The fourth-order valence-corrected chi connectivity index (χ4v) is 1.38. The van der Waals surface area contributed by atoms with Gasteiger partial charge < -0.3 is 15.4 Å². The zero-order valence-electron chi connectivity index (χ0n) is 9.07. The second kappa shape index (κ2) is 4.11. The Kier molecular flexibility index (Phi) is 3.29. The Bertz CT molecular complexity index is 288. The largest absolute Gasteiger partial charge is 0.394 e. The molecule has 0 radical (unpaired) electrons. The molecule has 1 aromatic heterocycles. The third-order valence-corrected chi connectivity index (χ3v) is 1.97. The Labute approximate surface area is 84.8 Å². The van der Waals surface area contributed by atoms with Crippen molar-refractivity contribution in [3.8, 4) is 0 Å². The first-order chi connectivity index (χ1) is 6.44. The molecule has 0 saturated carbocycles. The van der Waals surface area contributed by atoms with Crippen molar-refractivity contribution < 1.29 is 5.11 Å². The Morgan fingerprint density at radius 1 is 1.57 bits per heavy atom. The first kappa shape index (κ1) is 11.2. The van der Waals surface area contributed by atoms with E-state index in [9.17, 15) is 0 Å². The SMILES string of the molecule is CC(C)(C)Cn1cncc1C(N)CO. The van der Waals surface area contributed by atoms with Gasteiger partial charge in [-0.1, -0.05) is 20.8 Å². The van der Waals surface area contributed by atoms with Crippen LogP contribution < -0.4 is 5.73 Å². The molecule has 14 heavy (non-hydrogen) atoms. The Morgan fingerprint density at radius 3 is 2.71 bits per heavy atom. The van der Waals surface area contributed by atoms with E-state index in [4.69, 9.17) is 10.8 Å². The molecular weight excluding hydrogens is 178 g/mol. The zero-order chi connectivity index (χ0) is 10.8. The van der Waals surface area contributed by atoms with Gasteiger partial charge in [0.1, 0.15) is 0 Å². The van der Waals surface area contributed by atoms with E-state index < -0.39 is 0 Å². The van der Waals surface area contributed by atoms with Crippen LogP contribution >= 0.6 is 0 Å². The summed E-state index contributed by atoms with van der Waals surface area (Å²) in [6.07, 6.45) is 3.47. The van der Waals surface area contributed by atoms with Gasteiger partial charge in [-0.2, -0.15) is 0 Å². The van der Waals surface area contributed by atoms with Crippen LogP contribution in [0.4, 0.5) is 0 Å². The molecule has 80 valence electrons. The third-order valence-electron chi connectivity index (χ3n) is 1.97. The van der Waals surface area contributed by atoms with E-state index in [2.05, 4.69) is 25.8 Å². The normalized spacial score (nSPS) is 14.4. The summed E-state index contributed by atoms with van der Waals surface area (Å²) in [6, 6.07) is -0.333. The molecule has 1 heterocycles. The standard InChI is InChI=1S/C10H19N3O/c1-10(2,3)6-13-7-12-4-9(13)8(11)5-14/h4,7-8,14H,5-6,11H2,1-3H3. The average molecular weight is 197 g/mol. The van der Waals surface area contributed by atoms with E-state index in [1.807, 2.05) is 4.57 Å². The molecular formula is C10H19N3O. The maximum atomic E-state index is 8.96. The molecule has 0 aliphatic rings. The number of hydrogen-bond donors (Lipinski definition) is 2. The summed E-state index contributed by atoms with van der Waals surface area (Å²) in [5.74, 6) is 0. The lowest BCUT2D eigenvalue weighted by atomic mass is 9.96. The smallest absolute Gasteiger partial charge is 0.0948 e. The highest BCUT2D eigenvalue weighted by molar-refractivity contribution is 5.04. The lowest BCUT2D eigenvalue weighted by molar-refractivity contribution is 0.257. The second-order valence-electron chi connectivity index (χ2n) is 4.80. The number of aromatic nitrogens is 2. The minimum Gasteiger partial charge on any atom is -0.394 e. The lowest BCUT2D eigenvalue weighted by Gasteiger charge is -2.21. The quantitative estimate of drug-likeness (QED) is 0.757. The monoisotopic (exact) mass is 197 g/mol. The van der Waals surface area contributed by atoms with Crippen LogP contribution in [0.3, 0.4) is 0 Å². The summed E-state index contributed by atoms with van der Waals surface area (Å²) in [7, 11) is 0. The Morgan fingerprint density at radius 2 is 2.21 bits per heavy atom. The summed E-state index contributed by atoms with van der Waals surface area (Å²) in [4.78, 5) is 4.05. The van der Waals surface area contributed by atoms with Gasteiger partial charge in [0.25, 0.3) is 0 Å². The van der Waals surface area contributed by atoms with Crippen LogP contribution in [0, 0.1) is 5.41 Å². The minimum absolute atomic E-state index is 0.0458. The van der Waals surface area contributed by atoms with Gasteiger partial charge in [-0.05, 0) is 5.41 Å². The predicted octanol–water partition coefficient (Wildman–Crippen LogP) is 0.921. The van der Waals surface area contributed by atoms with Gasteiger partial charge in [-0.25, -0.2) is 4.98 Å². The molecule has 3 N–H and O–H groups in total. The fraction of sp³-hybridized carbons (Fsp3) is 0.700. The molecule has 4 heteroatoms. The van der Waals surface area contributed by atoms with Gasteiger partial charge in [0.05, 0.1) is 24.7 Å². The van der Waals surface area contributed by atoms with Crippen LogP contribution in [-0.2, 0) is 6.54 Å². The molecule has 0 amide bonds. The van der Waals surface area contributed by atoms with Gasteiger partial charge in [-0.3, -0.25) is 0 Å². The van der Waals surface area contributed by atoms with E-state index in [1.165, 1.54) is 0 Å². The third kappa shape index (κ3) is 2.82. The van der Waals surface area contributed by atoms with Crippen molar-refractivity contribution in [3.63, 3.8) is 0 Å². The van der Waals surface area contributed by atoms with Crippen LogP contribution in [0.5, 0.6) is 0 Å². The van der Waals surface area contributed by atoms with Crippen molar-refractivity contribution in [1.82, 2.24) is 9.55 Å². The number of aliphatic hydroxyl groups is 1. The second-order valence-corrected chi connectivity index (χ2v) is 4.80. The summed E-state index contributed by atoms with van der Waals surface area (Å²) < 4.78 is 2.00. The number of rotatable bonds is 3. The van der Waals surface area contributed by atoms with Crippen molar-refractivity contribution in [1.29, 1.82) is 0 Å². The highest BCUT2D eigenvalue weighted by atomic mass is 16.3. The molecule has 0 aliphatic heterocycles. The highest BCUT2D eigenvalue weighted by Crippen LogP contribution is 2.19. The Balaban J connectivity index is 2.82. The van der Waals surface area contributed by atoms with Gasteiger partial charge in [-0.15, -0.1) is 0 Å². The molecule has 1 rings (SSSR count). The van der Waals surface area contributed by atoms with Crippen LogP contribution in [0.15, 0.2) is 12.5 Å². The molecule has 0 bridgehead atoms. The number of aliphatic hydroxyl groups excluding tert-OH is 1. The number of nitrogens with zero attached hydrogens (tertiary/aromatic N) is 2. The first-order valence-electron chi connectivity index (χ1n) is 4.80. The van der Waals surface area contributed by atoms with Gasteiger partial charge in [0.2, 0.25) is 0 Å². The summed E-state index contributed by atoms with van der Waals surface area (Å²) in [5, 5.41) is 8.96. The van der Waals surface area contributed by atoms with Gasteiger partial charge in [0.15, 0.2) is 0 Å².